The van der Waals surface area contributed by atoms with Gasteiger partial charge < -0.3 is 10.6 Å². The first-order valence-corrected chi connectivity index (χ1v) is 7.29. The van der Waals surface area contributed by atoms with E-state index in [1.807, 2.05) is 55.5 Å². The lowest BCUT2D eigenvalue weighted by molar-refractivity contribution is -0.121. The molecule has 110 valence electrons. The number of rotatable bonds is 6. The van der Waals surface area contributed by atoms with Crippen LogP contribution in [0.5, 0.6) is 0 Å². The minimum Gasteiger partial charge on any atom is -0.348 e. The van der Waals surface area contributed by atoms with Gasteiger partial charge in [0.1, 0.15) is 0 Å². The number of benzene rings is 2. The fourth-order valence-electron chi connectivity index (χ4n) is 2.22. The first-order valence-electron chi connectivity index (χ1n) is 7.29. The van der Waals surface area contributed by atoms with E-state index in [4.69, 9.17) is 0 Å². The average molecular weight is 282 g/mol. The Morgan fingerprint density at radius 2 is 1.33 bits per heavy atom. The van der Waals surface area contributed by atoms with Crippen LogP contribution in [0, 0.1) is 0 Å². The van der Waals surface area contributed by atoms with Crippen molar-refractivity contribution in [2.75, 3.05) is 6.54 Å². The van der Waals surface area contributed by atoms with Crippen molar-refractivity contribution in [1.29, 1.82) is 0 Å². The van der Waals surface area contributed by atoms with Crippen LogP contribution >= 0.6 is 0 Å². The second-order valence-corrected chi connectivity index (χ2v) is 5.21. The van der Waals surface area contributed by atoms with Crippen molar-refractivity contribution in [3.63, 3.8) is 0 Å². The second-order valence-electron chi connectivity index (χ2n) is 5.21. The van der Waals surface area contributed by atoms with Crippen molar-refractivity contribution in [2.24, 2.45) is 0 Å². The van der Waals surface area contributed by atoms with Crippen LogP contribution in [0.25, 0.3) is 0 Å². The number of nitrogens with one attached hydrogen (secondary N) is 2. The summed E-state index contributed by atoms with van der Waals surface area (Å²) in [4.78, 5) is 12.0. The molecule has 2 rings (SSSR count). The van der Waals surface area contributed by atoms with Gasteiger partial charge in [0.25, 0.3) is 0 Å². The van der Waals surface area contributed by atoms with Crippen LogP contribution in [0.1, 0.15) is 37.1 Å². The van der Waals surface area contributed by atoms with Crippen molar-refractivity contribution in [3.05, 3.63) is 71.8 Å². The highest BCUT2D eigenvalue weighted by atomic mass is 16.1. The van der Waals surface area contributed by atoms with Crippen molar-refractivity contribution >= 4 is 5.91 Å². The molecule has 0 radical (unpaired) electrons. The first kappa shape index (κ1) is 15.3. The van der Waals surface area contributed by atoms with Gasteiger partial charge >= 0.3 is 0 Å². The van der Waals surface area contributed by atoms with Gasteiger partial charge in [-0.15, -0.1) is 0 Å². The molecule has 3 nitrogen and oxygen atoms in total. The quantitative estimate of drug-likeness (QED) is 0.854. The molecule has 1 amide bonds. The average Bonchev–Trinajstić information content (AvgIpc) is 2.54. The molecular weight excluding hydrogens is 260 g/mol. The molecule has 0 fully saturated rings. The van der Waals surface area contributed by atoms with Gasteiger partial charge in [-0.1, -0.05) is 60.7 Å². The number of carbonyl (C=O) groups excluding carboxylic acids is 1. The highest BCUT2D eigenvalue weighted by Crippen LogP contribution is 2.12. The second kappa shape index (κ2) is 7.60. The van der Waals surface area contributed by atoms with Crippen molar-refractivity contribution in [3.8, 4) is 0 Å². The lowest BCUT2D eigenvalue weighted by Crippen LogP contribution is -2.36. The summed E-state index contributed by atoms with van der Waals surface area (Å²) in [5.41, 5.74) is 2.29. The van der Waals surface area contributed by atoms with Gasteiger partial charge in [0.2, 0.25) is 5.91 Å². The number of hydrogen-bond acceptors (Lipinski definition) is 2. The van der Waals surface area contributed by atoms with Crippen LogP contribution < -0.4 is 10.6 Å². The van der Waals surface area contributed by atoms with Gasteiger partial charge in [0.05, 0.1) is 12.6 Å². The van der Waals surface area contributed by atoms with Gasteiger partial charge in [-0.3, -0.25) is 4.79 Å². The SMILES string of the molecule is C[C@H](NCC(=O)N[C@H](C)c1ccccc1)c1ccccc1. The molecule has 0 aliphatic carbocycles. The van der Waals surface area contributed by atoms with E-state index in [0.29, 0.717) is 6.54 Å². The van der Waals surface area contributed by atoms with E-state index >= 15 is 0 Å². The van der Waals surface area contributed by atoms with E-state index in [9.17, 15) is 4.79 Å². The van der Waals surface area contributed by atoms with Crippen LogP contribution in [0.3, 0.4) is 0 Å². The summed E-state index contributed by atoms with van der Waals surface area (Å²) in [7, 11) is 0. The Labute approximate surface area is 126 Å². The van der Waals surface area contributed by atoms with Gasteiger partial charge in [0, 0.05) is 6.04 Å². The molecule has 3 heteroatoms. The molecule has 0 unspecified atom stereocenters. The summed E-state index contributed by atoms with van der Waals surface area (Å²) < 4.78 is 0. The summed E-state index contributed by atoms with van der Waals surface area (Å²) >= 11 is 0. The van der Waals surface area contributed by atoms with Gasteiger partial charge in [0.15, 0.2) is 0 Å². The molecule has 21 heavy (non-hydrogen) atoms. The van der Waals surface area contributed by atoms with Crippen molar-refractivity contribution in [1.82, 2.24) is 10.6 Å². The maximum Gasteiger partial charge on any atom is 0.234 e. The van der Waals surface area contributed by atoms with Crippen LogP contribution in [-0.4, -0.2) is 12.5 Å². The molecule has 0 bridgehead atoms. The molecular formula is C18H22N2O. The van der Waals surface area contributed by atoms with Gasteiger partial charge in [-0.2, -0.15) is 0 Å². The van der Waals surface area contributed by atoms with Crippen molar-refractivity contribution < 1.29 is 4.79 Å². The van der Waals surface area contributed by atoms with Gasteiger partial charge in [-0.25, -0.2) is 0 Å². The first-order chi connectivity index (χ1) is 10.2. The molecule has 2 atom stereocenters. The fraction of sp³-hybridized carbons (Fsp3) is 0.278. The molecule has 0 saturated carbocycles. The summed E-state index contributed by atoms with van der Waals surface area (Å²) in [6.45, 7) is 4.37. The van der Waals surface area contributed by atoms with E-state index in [0.717, 1.165) is 5.56 Å². The van der Waals surface area contributed by atoms with E-state index in [1.54, 1.807) is 0 Å². The predicted octanol–water partition coefficient (Wildman–Crippen LogP) is 3.21. The van der Waals surface area contributed by atoms with E-state index in [2.05, 4.69) is 29.7 Å². The zero-order valence-electron chi connectivity index (χ0n) is 12.5. The van der Waals surface area contributed by atoms with Gasteiger partial charge in [-0.05, 0) is 25.0 Å². The van der Waals surface area contributed by atoms with E-state index in [1.165, 1.54) is 5.56 Å². The molecule has 0 heterocycles. The normalized spacial score (nSPS) is 13.4. The largest absolute Gasteiger partial charge is 0.348 e. The number of carbonyl (C=O) groups is 1. The molecule has 2 aromatic rings. The maximum absolute atomic E-state index is 12.0. The third-order valence-corrected chi connectivity index (χ3v) is 3.55. The van der Waals surface area contributed by atoms with Crippen LogP contribution in [0.2, 0.25) is 0 Å². The molecule has 0 saturated heterocycles. The standard InChI is InChI=1S/C18H22N2O/c1-14(16-9-5-3-6-10-16)19-13-18(21)20-15(2)17-11-7-4-8-12-17/h3-12,14-15,19H,13H2,1-2H3,(H,20,21)/t14-,15+/m0/s1. The minimum absolute atomic E-state index is 0.00846. The molecule has 0 aliphatic rings. The maximum atomic E-state index is 12.0. The van der Waals surface area contributed by atoms with Crippen LogP contribution in [0.4, 0.5) is 0 Å². The smallest absolute Gasteiger partial charge is 0.234 e. The Kier molecular flexibility index (Phi) is 5.52. The highest BCUT2D eigenvalue weighted by molar-refractivity contribution is 5.78. The summed E-state index contributed by atoms with van der Waals surface area (Å²) in [5, 5.41) is 6.25. The highest BCUT2D eigenvalue weighted by Gasteiger charge is 2.10. The molecule has 0 spiro atoms. The Morgan fingerprint density at radius 1 is 0.857 bits per heavy atom. The molecule has 0 aliphatic heterocycles. The van der Waals surface area contributed by atoms with E-state index < -0.39 is 0 Å². The Hall–Kier alpha value is -2.13. The predicted molar refractivity (Wildman–Crippen MR) is 85.9 cm³/mol. The fourth-order valence-corrected chi connectivity index (χ4v) is 2.22. The lowest BCUT2D eigenvalue weighted by atomic mass is 10.1. The van der Waals surface area contributed by atoms with Crippen LogP contribution in [0.15, 0.2) is 60.7 Å². The Bertz CT molecular complexity index is 554. The lowest BCUT2D eigenvalue weighted by Gasteiger charge is -2.17. The van der Waals surface area contributed by atoms with Crippen molar-refractivity contribution in [2.45, 2.75) is 25.9 Å². The zero-order valence-corrected chi connectivity index (χ0v) is 12.5. The molecule has 2 aromatic carbocycles. The Morgan fingerprint density at radius 3 is 1.86 bits per heavy atom. The zero-order chi connectivity index (χ0) is 15.1. The monoisotopic (exact) mass is 282 g/mol. The molecule has 0 aromatic heterocycles. The number of amides is 1. The molecule has 2 N–H and O–H groups in total. The third kappa shape index (κ3) is 4.72. The third-order valence-electron chi connectivity index (χ3n) is 3.55. The van der Waals surface area contributed by atoms with Crippen LogP contribution in [-0.2, 0) is 4.79 Å². The number of hydrogen-bond donors (Lipinski definition) is 2. The summed E-state index contributed by atoms with van der Waals surface area (Å²) in [6, 6.07) is 20.3. The summed E-state index contributed by atoms with van der Waals surface area (Å²) in [5.74, 6) is 0.00846. The Balaban J connectivity index is 1.80. The topological polar surface area (TPSA) is 41.1 Å². The minimum atomic E-state index is 0.00846. The van der Waals surface area contributed by atoms with E-state index in [-0.39, 0.29) is 18.0 Å². The summed E-state index contributed by atoms with van der Waals surface area (Å²) in [6.07, 6.45) is 0.